The third kappa shape index (κ3) is 3.07. The van der Waals surface area contributed by atoms with Gasteiger partial charge in [-0.15, -0.1) is 0 Å². The Balaban J connectivity index is 2.01. The molecule has 122 valence electrons. The van der Waals surface area contributed by atoms with Gasteiger partial charge in [-0.25, -0.2) is 0 Å². The Morgan fingerprint density at radius 2 is 1.61 bits per heavy atom. The lowest BCUT2D eigenvalue weighted by Gasteiger charge is -2.26. The molecule has 2 aromatic carbocycles. The molecule has 0 unspecified atom stereocenters. The number of nitrogens with zero attached hydrogens (tertiary/aromatic N) is 1. The van der Waals surface area contributed by atoms with Crippen LogP contribution in [0.15, 0.2) is 30.3 Å². The minimum atomic E-state index is 0.659. The Bertz CT molecular complexity index is 711. The molecular formula is C19H24N2O2. The van der Waals surface area contributed by atoms with Crippen LogP contribution in [0.25, 0.3) is 0 Å². The van der Waals surface area contributed by atoms with Crippen LogP contribution in [0.1, 0.15) is 24.0 Å². The predicted octanol–water partition coefficient (Wildman–Crippen LogP) is 4.01. The Morgan fingerprint density at radius 1 is 0.913 bits per heavy atom. The second kappa shape index (κ2) is 6.41. The van der Waals surface area contributed by atoms with Gasteiger partial charge in [-0.05, 0) is 55.5 Å². The van der Waals surface area contributed by atoms with Crippen LogP contribution in [0.4, 0.5) is 11.4 Å². The molecule has 4 nitrogen and oxygen atoms in total. The molecule has 0 bridgehead atoms. The molecule has 4 heteroatoms. The smallest absolute Gasteiger partial charge is 0.169 e. The third-order valence-corrected chi connectivity index (χ3v) is 4.36. The van der Waals surface area contributed by atoms with Crippen molar-refractivity contribution in [2.75, 3.05) is 31.8 Å². The Kier molecular flexibility index (Phi) is 4.33. The van der Waals surface area contributed by atoms with Gasteiger partial charge < -0.3 is 20.1 Å². The van der Waals surface area contributed by atoms with Crippen molar-refractivity contribution in [2.45, 2.75) is 25.7 Å². The number of methoxy groups -OCH3 is 1. The highest BCUT2D eigenvalue weighted by molar-refractivity contribution is 5.62. The maximum absolute atomic E-state index is 6.19. The summed E-state index contributed by atoms with van der Waals surface area (Å²) in [5.74, 6) is 2.28. The van der Waals surface area contributed by atoms with E-state index in [0.29, 0.717) is 17.2 Å². The predicted molar refractivity (Wildman–Crippen MR) is 94.9 cm³/mol. The Labute approximate surface area is 137 Å². The summed E-state index contributed by atoms with van der Waals surface area (Å²) in [6.07, 6.45) is 4.62. The van der Waals surface area contributed by atoms with Crippen LogP contribution in [0.2, 0.25) is 0 Å². The molecule has 0 amide bonds. The molecule has 1 aliphatic carbocycles. The van der Waals surface area contributed by atoms with Crippen LogP contribution in [-0.4, -0.2) is 21.2 Å². The van der Waals surface area contributed by atoms with Crippen molar-refractivity contribution in [3.8, 4) is 17.2 Å². The summed E-state index contributed by atoms with van der Waals surface area (Å²) in [5, 5.41) is 0. The van der Waals surface area contributed by atoms with Gasteiger partial charge in [0.15, 0.2) is 11.5 Å². The van der Waals surface area contributed by atoms with E-state index in [1.807, 2.05) is 12.1 Å². The average molecular weight is 312 g/mol. The lowest BCUT2D eigenvalue weighted by Crippen LogP contribution is -2.15. The van der Waals surface area contributed by atoms with Crippen LogP contribution in [0, 0.1) is 0 Å². The highest BCUT2D eigenvalue weighted by Gasteiger charge is 2.20. The van der Waals surface area contributed by atoms with Crippen molar-refractivity contribution < 1.29 is 9.47 Å². The van der Waals surface area contributed by atoms with Gasteiger partial charge in [0.1, 0.15) is 5.75 Å². The summed E-state index contributed by atoms with van der Waals surface area (Å²) < 4.78 is 11.6. The summed E-state index contributed by atoms with van der Waals surface area (Å²) >= 11 is 0. The maximum Gasteiger partial charge on any atom is 0.169 e. The normalized spacial score (nSPS) is 13.3. The number of fused-ring (bicyclic) bond motifs is 1. The van der Waals surface area contributed by atoms with Crippen molar-refractivity contribution in [1.29, 1.82) is 0 Å². The molecule has 0 heterocycles. The number of nitrogen functional groups attached to an aromatic ring is 1. The fourth-order valence-corrected chi connectivity index (χ4v) is 3.22. The molecule has 2 aromatic rings. The number of hydrogen-bond acceptors (Lipinski definition) is 4. The Morgan fingerprint density at radius 3 is 2.30 bits per heavy atom. The van der Waals surface area contributed by atoms with Gasteiger partial charge in [-0.2, -0.15) is 0 Å². The molecule has 0 aliphatic heterocycles. The van der Waals surface area contributed by atoms with Crippen LogP contribution in [0.5, 0.6) is 17.2 Å². The topological polar surface area (TPSA) is 47.7 Å². The number of ether oxygens (including phenoxy) is 2. The molecule has 3 rings (SSSR count). The molecule has 0 atom stereocenters. The standard InChI is InChI=1S/C19H24N2O2/c1-21(2)16-9-11-17(15-7-5-4-6-14(15)16)23-18-10-8-13(20)12-19(18)22-3/h8-12H,4-7,20H2,1-3H3. The van der Waals surface area contributed by atoms with Gasteiger partial charge >= 0.3 is 0 Å². The van der Waals surface area contributed by atoms with Gasteiger partial charge in [0.2, 0.25) is 0 Å². The quantitative estimate of drug-likeness (QED) is 0.866. The maximum atomic E-state index is 6.19. The number of benzene rings is 2. The van der Waals surface area contributed by atoms with Gasteiger partial charge in [-0.3, -0.25) is 0 Å². The van der Waals surface area contributed by atoms with Crippen molar-refractivity contribution in [2.24, 2.45) is 0 Å². The first-order valence-corrected chi connectivity index (χ1v) is 8.03. The highest BCUT2D eigenvalue weighted by Crippen LogP contribution is 2.40. The largest absolute Gasteiger partial charge is 0.493 e. The summed E-state index contributed by atoms with van der Waals surface area (Å²) in [6, 6.07) is 9.69. The molecule has 2 N–H and O–H groups in total. The average Bonchev–Trinajstić information content (AvgIpc) is 2.56. The summed E-state index contributed by atoms with van der Waals surface area (Å²) in [7, 11) is 5.81. The molecule has 0 saturated heterocycles. The molecule has 0 aromatic heterocycles. The lowest BCUT2D eigenvalue weighted by molar-refractivity contribution is 0.377. The molecule has 0 saturated carbocycles. The van der Waals surface area contributed by atoms with E-state index in [0.717, 1.165) is 18.6 Å². The minimum Gasteiger partial charge on any atom is -0.493 e. The molecule has 0 spiro atoms. The second-order valence-electron chi connectivity index (χ2n) is 6.15. The first kappa shape index (κ1) is 15.5. The minimum absolute atomic E-state index is 0.659. The number of nitrogens with two attached hydrogens (primary N) is 1. The van der Waals surface area contributed by atoms with Gasteiger partial charge in [0.05, 0.1) is 7.11 Å². The van der Waals surface area contributed by atoms with E-state index in [-0.39, 0.29) is 0 Å². The fourth-order valence-electron chi connectivity index (χ4n) is 3.22. The summed E-state index contributed by atoms with van der Waals surface area (Å²) in [5.41, 5.74) is 10.5. The molecule has 23 heavy (non-hydrogen) atoms. The van der Waals surface area contributed by atoms with Crippen LogP contribution >= 0.6 is 0 Å². The highest BCUT2D eigenvalue weighted by atomic mass is 16.5. The monoisotopic (exact) mass is 312 g/mol. The fraction of sp³-hybridized carbons (Fsp3) is 0.368. The first-order valence-electron chi connectivity index (χ1n) is 8.03. The molecular weight excluding hydrogens is 288 g/mol. The van der Waals surface area contributed by atoms with E-state index in [2.05, 4.69) is 31.1 Å². The number of anilines is 2. The van der Waals surface area contributed by atoms with Gasteiger partial charge in [-0.1, -0.05) is 0 Å². The van der Waals surface area contributed by atoms with Crippen molar-refractivity contribution in [3.63, 3.8) is 0 Å². The van der Waals surface area contributed by atoms with E-state index in [4.69, 9.17) is 15.2 Å². The van der Waals surface area contributed by atoms with E-state index in [1.165, 1.54) is 29.7 Å². The summed E-state index contributed by atoms with van der Waals surface area (Å²) in [4.78, 5) is 2.18. The van der Waals surface area contributed by atoms with Crippen molar-refractivity contribution in [1.82, 2.24) is 0 Å². The zero-order valence-corrected chi connectivity index (χ0v) is 14.1. The van der Waals surface area contributed by atoms with E-state index < -0.39 is 0 Å². The zero-order valence-electron chi connectivity index (χ0n) is 14.1. The SMILES string of the molecule is COc1cc(N)ccc1Oc1ccc(N(C)C)c2c1CCCC2. The van der Waals surface area contributed by atoms with Gasteiger partial charge in [0, 0.05) is 37.1 Å². The van der Waals surface area contributed by atoms with Crippen molar-refractivity contribution in [3.05, 3.63) is 41.5 Å². The molecule has 1 aliphatic rings. The number of rotatable bonds is 4. The van der Waals surface area contributed by atoms with E-state index >= 15 is 0 Å². The molecule has 0 radical (unpaired) electrons. The molecule has 0 fully saturated rings. The first-order chi connectivity index (χ1) is 11.1. The van der Waals surface area contributed by atoms with Gasteiger partial charge in [0.25, 0.3) is 0 Å². The van der Waals surface area contributed by atoms with Crippen LogP contribution in [0.3, 0.4) is 0 Å². The third-order valence-electron chi connectivity index (χ3n) is 4.36. The Hall–Kier alpha value is -2.36. The second-order valence-corrected chi connectivity index (χ2v) is 6.15. The lowest BCUT2D eigenvalue weighted by atomic mass is 9.89. The van der Waals surface area contributed by atoms with E-state index in [1.54, 1.807) is 13.2 Å². The van der Waals surface area contributed by atoms with E-state index in [9.17, 15) is 0 Å². The van der Waals surface area contributed by atoms with Crippen molar-refractivity contribution >= 4 is 11.4 Å². The number of hydrogen-bond donors (Lipinski definition) is 1. The summed E-state index contributed by atoms with van der Waals surface area (Å²) in [6.45, 7) is 0. The zero-order chi connectivity index (χ0) is 16.4. The van der Waals surface area contributed by atoms with Crippen LogP contribution < -0.4 is 20.1 Å². The van der Waals surface area contributed by atoms with Crippen LogP contribution in [-0.2, 0) is 12.8 Å².